The molecule has 1 fully saturated rings. The summed E-state index contributed by atoms with van der Waals surface area (Å²) in [7, 11) is 0. The second-order valence-corrected chi connectivity index (χ2v) is 5.14. The molecule has 2 aromatic rings. The monoisotopic (exact) mass is 235 g/mol. The molecule has 84 valence electrons. The highest BCUT2D eigenvalue weighted by molar-refractivity contribution is 7.13. The molecule has 0 aromatic carbocycles. The Labute approximate surface area is 97.5 Å². The zero-order chi connectivity index (χ0) is 11.0. The van der Waals surface area contributed by atoms with Crippen molar-refractivity contribution in [2.45, 2.75) is 32.4 Å². The number of hydrogen-bond donors (Lipinski definition) is 1. The maximum atomic E-state index is 4.21. The van der Waals surface area contributed by atoms with Crippen LogP contribution in [0, 0.1) is 6.92 Å². The van der Waals surface area contributed by atoms with Crippen molar-refractivity contribution < 1.29 is 0 Å². The van der Waals surface area contributed by atoms with Gasteiger partial charge < -0.3 is 5.32 Å². The molecule has 6 heteroatoms. The number of aromatic nitrogens is 4. The minimum Gasteiger partial charge on any atom is -0.308 e. The summed E-state index contributed by atoms with van der Waals surface area (Å²) in [5.74, 6) is 0. The molecule has 1 aliphatic carbocycles. The molecular weight excluding hydrogens is 222 g/mol. The largest absolute Gasteiger partial charge is 0.308 e. The van der Waals surface area contributed by atoms with E-state index in [-0.39, 0.29) is 0 Å². The lowest BCUT2D eigenvalue weighted by Gasteiger charge is -1.95. The van der Waals surface area contributed by atoms with Crippen LogP contribution in [-0.4, -0.2) is 26.0 Å². The standard InChI is InChI=1S/C10H13N5S/c1-7-4-12-15(6-7)10-14-13-9(16-10)5-11-8-2-3-8/h4,6,8,11H,2-3,5H2,1H3. The Hall–Kier alpha value is -1.27. The molecule has 0 amide bonds. The lowest BCUT2D eigenvalue weighted by molar-refractivity contribution is 0.678. The fraction of sp³-hybridized carbons (Fsp3) is 0.500. The minimum absolute atomic E-state index is 0.708. The van der Waals surface area contributed by atoms with E-state index in [0.29, 0.717) is 6.04 Å². The average molecular weight is 235 g/mol. The van der Waals surface area contributed by atoms with Gasteiger partial charge in [-0.05, 0) is 25.3 Å². The fourth-order valence-electron chi connectivity index (χ4n) is 1.45. The van der Waals surface area contributed by atoms with Crippen molar-refractivity contribution in [1.82, 2.24) is 25.3 Å². The Morgan fingerprint density at radius 3 is 3.06 bits per heavy atom. The summed E-state index contributed by atoms with van der Waals surface area (Å²) >= 11 is 1.58. The van der Waals surface area contributed by atoms with E-state index in [9.17, 15) is 0 Å². The normalized spacial score (nSPS) is 15.6. The molecule has 0 spiro atoms. The van der Waals surface area contributed by atoms with E-state index in [1.165, 1.54) is 12.8 Å². The lowest BCUT2D eigenvalue weighted by Crippen LogP contribution is -2.14. The van der Waals surface area contributed by atoms with Gasteiger partial charge in [0, 0.05) is 12.2 Å². The zero-order valence-electron chi connectivity index (χ0n) is 9.05. The van der Waals surface area contributed by atoms with Crippen LogP contribution in [0.1, 0.15) is 23.4 Å². The Morgan fingerprint density at radius 2 is 2.38 bits per heavy atom. The molecule has 0 saturated heterocycles. The third-order valence-corrected chi connectivity index (χ3v) is 3.40. The van der Waals surface area contributed by atoms with E-state index < -0.39 is 0 Å². The topological polar surface area (TPSA) is 55.6 Å². The molecule has 0 radical (unpaired) electrons. The highest BCUT2D eigenvalue weighted by Gasteiger charge is 2.20. The van der Waals surface area contributed by atoms with E-state index >= 15 is 0 Å². The van der Waals surface area contributed by atoms with Crippen molar-refractivity contribution in [1.29, 1.82) is 0 Å². The number of nitrogens with zero attached hydrogens (tertiary/aromatic N) is 4. The summed E-state index contributed by atoms with van der Waals surface area (Å²) in [5, 5.41) is 17.8. The summed E-state index contributed by atoms with van der Waals surface area (Å²) in [6.45, 7) is 2.84. The summed E-state index contributed by atoms with van der Waals surface area (Å²) in [6.07, 6.45) is 6.37. The van der Waals surface area contributed by atoms with Crippen molar-refractivity contribution in [3.63, 3.8) is 0 Å². The summed E-state index contributed by atoms with van der Waals surface area (Å²) < 4.78 is 1.77. The SMILES string of the molecule is Cc1cnn(-c2nnc(CNC3CC3)s2)c1. The van der Waals surface area contributed by atoms with Crippen LogP contribution in [0.5, 0.6) is 0 Å². The second kappa shape index (κ2) is 3.95. The highest BCUT2D eigenvalue weighted by Crippen LogP contribution is 2.20. The van der Waals surface area contributed by atoms with Gasteiger partial charge in [-0.2, -0.15) is 5.10 Å². The van der Waals surface area contributed by atoms with Crippen LogP contribution in [0.3, 0.4) is 0 Å². The van der Waals surface area contributed by atoms with Gasteiger partial charge in [0.25, 0.3) is 0 Å². The Bertz CT molecular complexity index is 485. The third-order valence-electron chi connectivity index (χ3n) is 2.48. The average Bonchev–Trinajstić information content (AvgIpc) is 2.81. The van der Waals surface area contributed by atoms with Gasteiger partial charge in [0.1, 0.15) is 5.01 Å². The second-order valence-electron chi connectivity index (χ2n) is 4.10. The quantitative estimate of drug-likeness (QED) is 0.867. The predicted molar refractivity (Wildman–Crippen MR) is 61.6 cm³/mol. The molecule has 0 atom stereocenters. The van der Waals surface area contributed by atoms with Gasteiger partial charge in [0.05, 0.1) is 12.7 Å². The first-order valence-corrected chi connectivity index (χ1v) is 6.20. The van der Waals surface area contributed by atoms with Crippen molar-refractivity contribution in [3.8, 4) is 5.13 Å². The Morgan fingerprint density at radius 1 is 1.50 bits per heavy atom. The predicted octanol–water partition coefficient (Wildman–Crippen LogP) is 1.28. The Kier molecular flexibility index (Phi) is 2.45. The van der Waals surface area contributed by atoms with E-state index in [2.05, 4.69) is 20.6 Å². The molecule has 2 heterocycles. The van der Waals surface area contributed by atoms with Gasteiger partial charge in [-0.15, -0.1) is 10.2 Å². The van der Waals surface area contributed by atoms with Crippen LogP contribution in [0.15, 0.2) is 12.4 Å². The van der Waals surface area contributed by atoms with Gasteiger partial charge in [-0.1, -0.05) is 11.3 Å². The number of rotatable bonds is 4. The van der Waals surface area contributed by atoms with Crippen molar-refractivity contribution in [2.75, 3.05) is 0 Å². The van der Waals surface area contributed by atoms with Gasteiger partial charge in [-0.25, -0.2) is 4.68 Å². The van der Waals surface area contributed by atoms with Crippen molar-refractivity contribution in [2.24, 2.45) is 0 Å². The molecule has 5 nitrogen and oxygen atoms in total. The van der Waals surface area contributed by atoms with E-state index in [1.807, 2.05) is 19.3 Å². The molecular formula is C10H13N5S. The summed E-state index contributed by atoms with van der Waals surface area (Å²) in [5.41, 5.74) is 1.13. The highest BCUT2D eigenvalue weighted by atomic mass is 32.1. The molecule has 2 aromatic heterocycles. The van der Waals surface area contributed by atoms with Crippen LogP contribution >= 0.6 is 11.3 Å². The minimum atomic E-state index is 0.708. The van der Waals surface area contributed by atoms with E-state index in [1.54, 1.807) is 16.0 Å². The van der Waals surface area contributed by atoms with E-state index in [4.69, 9.17) is 0 Å². The van der Waals surface area contributed by atoms with Crippen LogP contribution in [0.2, 0.25) is 0 Å². The molecule has 0 bridgehead atoms. The van der Waals surface area contributed by atoms with Crippen LogP contribution in [0.4, 0.5) is 0 Å². The molecule has 1 saturated carbocycles. The van der Waals surface area contributed by atoms with Crippen molar-refractivity contribution in [3.05, 3.63) is 23.0 Å². The summed E-state index contributed by atoms with van der Waals surface area (Å²) in [4.78, 5) is 0. The first kappa shape index (κ1) is 9.92. The number of nitrogens with one attached hydrogen (secondary N) is 1. The van der Waals surface area contributed by atoms with Crippen LogP contribution < -0.4 is 5.32 Å². The van der Waals surface area contributed by atoms with Gasteiger partial charge in [-0.3, -0.25) is 0 Å². The van der Waals surface area contributed by atoms with Crippen LogP contribution in [0.25, 0.3) is 5.13 Å². The molecule has 3 rings (SSSR count). The first-order valence-electron chi connectivity index (χ1n) is 5.39. The third kappa shape index (κ3) is 2.12. The van der Waals surface area contributed by atoms with Gasteiger partial charge in [0.15, 0.2) is 0 Å². The molecule has 1 aliphatic rings. The Balaban J connectivity index is 1.71. The fourth-order valence-corrected chi connectivity index (χ4v) is 2.17. The maximum absolute atomic E-state index is 4.21. The maximum Gasteiger partial charge on any atom is 0.232 e. The zero-order valence-corrected chi connectivity index (χ0v) is 9.87. The smallest absolute Gasteiger partial charge is 0.232 e. The summed E-state index contributed by atoms with van der Waals surface area (Å²) in [6, 6.07) is 0.708. The first-order chi connectivity index (χ1) is 7.81. The molecule has 0 aliphatic heterocycles. The number of hydrogen-bond acceptors (Lipinski definition) is 5. The lowest BCUT2D eigenvalue weighted by atomic mass is 10.4. The molecule has 16 heavy (non-hydrogen) atoms. The van der Waals surface area contributed by atoms with E-state index in [0.717, 1.165) is 22.2 Å². The van der Waals surface area contributed by atoms with Crippen molar-refractivity contribution >= 4 is 11.3 Å². The molecule has 1 N–H and O–H groups in total. The number of aryl methyl sites for hydroxylation is 1. The van der Waals surface area contributed by atoms with Gasteiger partial charge >= 0.3 is 0 Å². The molecule has 0 unspecified atom stereocenters. The van der Waals surface area contributed by atoms with Gasteiger partial charge in [0.2, 0.25) is 5.13 Å². The van der Waals surface area contributed by atoms with Crippen LogP contribution in [-0.2, 0) is 6.54 Å².